The van der Waals surface area contributed by atoms with Gasteiger partial charge in [-0.05, 0) is 64.8 Å². The van der Waals surface area contributed by atoms with Gasteiger partial charge in [-0.1, -0.05) is 0 Å². The molecule has 5 nitrogen and oxygen atoms in total. The first kappa shape index (κ1) is 15.7. The Balaban J connectivity index is 1.69. The molecule has 2 heterocycles. The van der Waals surface area contributed by atoms with Crippen molar-refractivity contribution in [3.05, 3.63) is 0 Å². The molecule has 2 aliphatic rings. The number of ether oxygens (including phenoxy) is 1. The number of piperidine rings is 1. The zero-order chi connectivity index (χ0) is 14.4. The molecular weight excluding hydrogens is 254 g/mol. The van der Waals surface area contributed by atoms with Crippen LogP contribution in [0.25, 0.3) is 0 Å². The second-order valence-electron chi connectivity index (χ2n) is 6.12. The zero-order valence-electron chi connectivity index (χ0n) is 12.9. The number of esters is 1. The molecule has 116 valence electrons. The van der Waals surface area contributed by atoms with Crippen LogP contribution in [0.15, 0.2) is 0 Å². The normalized spacial score (nSPS) is 23.9. The maximum atomic E-state index is 11.6. The SMILES string of the molecule is CNC(CN1CCC(CN2CCCC2)CC1)C(=O)OC. The summed E-state index contributed by atoms with van der Waals surface area (Å²) in [7, 11) is 3.27. The average molecular weight is 283 g/mol. The van der Waals surface area contributed by atoms with Crippen LogP contribution < -0.4 is 5.32 Å². The highest BCUT2D eigenvalue weighted by Gasteiger charge is 2.26. The summed E-state index contributed by atoms with van der Waals surface area (Å²) in [4.78, 5) is 16.6. The number of methoxy groups -OCH3 is 1. The van der Waals surface area contributed by atoms with Crippen molar-refractivity contribution in [2.45, 2.75) is 31.7 Å². The number of nitrogens with one attached hydrogen (secondary N) is 1. The number of likely N-dealkylation sites (tertiary alicyclic amines) is 2. The molecular formula is C15H29N3O2. The Morgan fingerprint density at radius 3 is 2.40 bits per heavy atom. The fourth-order valence-electron chi connectivity index (χ4n) is 3.37. The lowest BCUT2D eigenvalue weighted by atomic mass is 9.96. The predicted molar refractivity (Wildman–Crippen MR) is 79.7 cm³/mol. The summed E-state index contributed by atoms with van der Waals surface area (Å²) in [5.41, 5.74) is 0. The number of carbonyl (C=O) groups is 1. The van der Waals surface area contributed by atoms with E-state index in [-0.39, 0.29) is 12.0 Å². The van der Waals surface area contributed by atoms with Gasteiger partial charge in [0.05, 0.1) is 7.11 Å². The molecule has 0 saturated carbocycles. The third-order valence-electron chi connectivity index (χ3n) is 4.70. The summed E-state index contributed by atoms with van der Waals surface area (Å²) in [6.45, 7) is 6.84. The van der Waals surface area contributed by atoms with Gasteiger partial charge < -0.3 is 19.9 Å². The summed E-state index contributed by atoms with van der Waals surface area (Å²) >= 11 is 0. The molecule has 20 heavy (non-hydrogen) atoms. The van der Waals surface area contributed by atoms with Crippen LogP contribution in [0.3, 0.4) is 0 Å². The smallest absolute Gasteiger partial charge is 0.324 e. The van der Waals surface area contributed by atoms with Crippen molar-refractivity contribution >= 4 is 5.97 Å². The van der Waals surface area contributed by atoms with Gasteiger partial charge in [0.25, 0.3) is 0 Å². The number of likely N-dealkylation sites (N-methyl/N-ethyl adjacent to an activating group) is 1. The largest absolute Gasteiger partial charge is 0.468 e. The van der Waals surface area contributed by atoms with Crippen LogP contribution >= 0.6 is 0 Å². The minimum Gasteiger partial charge on any atom is -0.468 e. The van der Waals surface area contributed by atoms with Crippen molar-refractivity contribution in [2.24, 2.45) is 5.92 Å². The Labute approximate surface area is 122 Å². The number of rotatable bonds is 6. The Morgan fingerprint density at radius 2 is 1.85 bits per heavy atom. The van der Waals surface area contributed by atoms with Gasteiger partial charge >= 0.3 is 5.97 Å². The highest BCUT2D eigenvalue weighted by molar-refractivity contribution is 5.75. The molecule has 5 heteroatoms. The van der Waals surface area contributed by atoms with E-state index in [1.165, 1.54) is 52.4 Å². The van der Waals surface area contributed by atoms with Crippen LogP contribution in [-0.4, -0.2) is 75.2 Å². The topological polar surface area (TPSA) is 44.8 Å². The average Bonchev–Trinajstić information content (AvgIpc) is 2.98. The second kappa shape index (κ2) is 7.96. The van der Waals surface area contributed by atoms with Gasteiger partial charge in [0.15, 0.2) is 0 Å². The summed E-state index contributed by atoms with van der Waals surface area (Å²) < 4.78 is 4.82. The van der Waals surface area contributed by atoms with Crippen LogP contribution in [0.5, 0.6) is 0 Å². The molecule has 0 aliphatic carbocycles. The van der Waals surface area contributed by atoms with Gasteiger partial charge in [0.1, 0.15) is 6.04 Å². The van der Waals surface area contributed by atoms with Gasteiger partial charge in [0, 0.05) is 13.1 Å². The maximum Gasteiger partial charge on any atom is 0.324 e. The van der Waals surface area contributed by atoms with Gasteiger partial charge in [-0.2, -0.15) is 0 Å². The molecule has 0 aromatic heterocycles. The molecule has 1 N–H and O–H groups in total. The molecule has 0 aromatic rings. The first-order valence-corrected chi connectivity index (χ1v) is 7.92. The number of hydrogen-bond acceptors (Lipinski definition) is 5. The third-order valence-corrected chi connectivity index (χ3v) is 4.70. The molecule has 2 saturated heterocycles. The summed E-state index contributed by atoms with van der Waals surface area (Å²) in [6.07, 6.45) is 5.27. The van der Waals surface area contributed by atoms with Crippen molar-refractivity contribution in [3.8, 4) is 0 Å². The lowest BCUT2D eigenvalue weighted by Gasteiger charge is -2.35. The maximum absolute atomic E-state index is 11.6. The minimum absolute atomic E-state index is 0.160. The van der Waals surface area contributed by atoms with Crippen LogP contribution in [0.1, 0.15) is 25.7 Å². The highest BCUT2D eigenvalue weighted by Crippen LogP contribution is 2.20. The molecule has 2 rings (SSSR count). The second-order valence-corrected chi connectivity index (χ2v) is 6.12. The van der Waals surface area contributed by atoms with Crippen molar-refractivity contribution in [1.29, 1.82) is 0 Å². The number of carbonyl (C=O) groups excluding carboxylic acids is 1. The van der Waals surface area contributed by atoms with Crippen molar-refractivity contribution in [1.82, 2.24) is 15.1 Å². The molecule has 0 spiro atoms. The molecule has 1 unspecified atom stereocenters. The Kier molecular flexibility index (Phi) is 6.26. The van der Waals surface area contributed by atoms with E-state index < -0.39 is 0 Å². The monoisotopic (exact) mass is 283 g/mol. The van der Waals surface area contributed by atoms with Crippen LogP contribution in [0.4, 0.5) is 0 Å². The summed E-state index contributed by atoms with van der Waals surface area (Å²) in [5, 5.41) is 3.05. The number of nitrogens with zero attached hydrogens (tertiary/aromatic N) is 2. The van der Waals surface area contributed by atoms with E-state index in [9.17, 15) is 4.79 Å². The van der Waals surface area contributed by atoms with Crippen molar-refractivity contribution in [2.75, 3.05) is 53.4 Å². The minimum atomic E-state index is -0.199. The van der Waals surface area contributed by atoms with E-state index >= 15 is 0 Å². The highest BCUT2D eigenvalue weighted by atomic mass is 16.5. The molecule has 2 aliphatic heterocycles. The summed E-state index contributed by atoms with van der Waals surface area (Å²) in [5.74, 6) is 0.683. The van der Waals surface area contributed by atoms with E-state index in [0.29, 0.717) is 0 Å². The lowest BCUT2D eigenvalue weighted by molar-refractivity contribution is -0.143. The van der Waals surface area contributed by atoms with Gasteiger partial charge in [-0.3, -0.25) is 4.79 Å². The first-order valence-electron chi connectivity index (χ1n) is 7.92. The first-order chi connectivity index (χ1) is 9.72. The number of hydrogen-bond donors (Lipinski definition) is 1. The van der Waals surface area contributed by atoms with Crippen LogP contribution in [-0.2, 0) is 9.53 Å². The van der Waals surface area contributed by atoms with Gasteiger partial charge in [0.2, 0.25) is 0 Å². The van der Waals surface area contributed by atoms with E-state index in [1.807, 2.05) is 7.05 Å². The van der Waals surface area contributed by atoms with E-state index in [0.717, 1.165) is 25.6 Å². The molecule has 0 amide bonds. The van der Waals surface area contributed by atoms with Crippen molar-refractivity contribution in [3.63, 3.8) is 0 Å². The van der Waals surface area contributed by atoms with Gasteiger partial charge in [-0.15, -0.1) is 0 Å². The molecule has 1 atom stereocenters. The fourth-order valence-corrected chi connectivity index (χ4v) is 3.37. The van der Waals surface area contributed by atoms with E-state index in [1.54, 1.807) is 0 Å². The van der Waals surface area contributed by atoms with Crippen LogP contribution in [0.2, 0.25) is 0 Å². The molecule has 0 aromatic carbocycles. The standard InChI is InChI=1S/C15H29N3O2/c1-16-14(15(19)20-2)12-18-9-5-13(6-10-18)11-17-7-3-4-8-17/h13-14,16H,3-12H2,1-2H3. The fraction of sp³-hybridized carbons (Fsp3) is 0.933. The van der Waals surface area contributed by atoms with Crippen LogP contribution in [0, 0.1) is 5.92 Å². The lowest BCUT2D eigenvalue weighted by Crippen LogP contribution is -2.48. The molecule has 0 bridgehead atoms. The summed E-state index contributed by atoms with van der Waals surface area (Å²) in [6, 6.07) is -0.199. The quantitative estimate of drug-likeness (QED) is 0.722. The van der Waals surface area contributed by atoms with E-state index in [4.69, 9.17) is 4.74 Å². The van der Waals surface area contributed by atoms with E-state index in [2.05, 4.69) is 15.1 Å². The Hall–Kier alpha value is -0.650. The third kappa shape index (κ3) is 4.43. The molecule has 2 fully saturated rings. The Morgan fingerprint density at radius 1 is 1.20 bits per heavy atom. The zero-order valence-corrected chi connectivity index (χ0v) is 12.9. The van der Waals surface area contributed by atoms with Gasteiger partial charge in [-0.25, -0.2) is 0 Å². The van der Waals surface area contributed by atoms with Crippen molar-refractivity contribution < 1.29 is 9.53 Å². The predicted octanol–water partition coefficient (Wildman–Crippen LogP) is 0.555. The molecule has 0 radical (unpaired) electrons. The Bertz CT molecular complexity index is 297.